The summed E-state index contributed by atoms with van der Waals surface area (Å²) in [6.07, 6.45) is 1.83. The van der Waals surface area contributed by atoms with Crippen LogP contribution in [-0.2, 0) is 11.3 Å². The van der Waals surface area contributed by atoms with Crippen molar-refractivity contribution in [2.75, 3.05) is 36.0 Å². The molecule has 1 aromatic heterocycles. The van der Waals surface area contributed by atoms with Crippen LogP contribution in [0.5, 0.6) is 0 Å². The maximum absolute atomic E-state index is 11.5. The Bertz CT molecular complexity index is 726. The zero-order chi connectivity index (χ0) is 18.5. The predicted octanol–water partition coefficient (Wildman–Crippen LogP) is 2.56. The van der Waals surface area contributed by atoms with E-state index in [1.165, 1.54) is 5.56 Å². The minimum absolute atomic E-state index is 0.141. The van der Waals surface area contributed by atoms with E-state index in [4.69, 9.17) is 4.98 Å². The van der Waals surface area contributed by atoms with Crippen molar-refractivity contribution < 1.29 is 4.79 Å². The van der Waals surface area contributed by atoms with Crippen LogP contribution in [0.1, 0.15) is 26.3 Å². The fraction of sp³-hybridized carbons (Fsp3) is 0.450. The zero-order valence-electron chi connectivity index (χ0n) is 15.8. The molecule has 0 radical (unpaired) electrons. The molecule has 6 heteroatoms. The van der Waals surface area contributed by atoms with Crippen molar-refractivity contribution in [2.45, 2.75) is 33.4 Å². The van der Waals surface area contributed by atoms with Gasteiger partial charge in [-0.2, -0.15) is 4.98 Å². The molecule has 0 unspecified atom stereocenters. The van der Waals surface area contributed by atoms with Crippen molar-refractivity contribution in [3.8, 4) is 0 Å². The van der Waals surface area contributed by atoms with Crippen LogP contribution in [0.25, 0.3) is 0 Å². The molecule has 0 aliphatic carbocycles. The number of carbonyl (C=O) groups is 1. The number of aromatic nitrogens is 2. The molecule has 26 heavy (non-hydrogen) atoms. The number of rotatable bonds is 5. The number of hydrogen-bond donors (Lipinski definition) is 0. The van der Waals surface area contributed by atoms with Crippen LogP contribution in [0.3, 0.4) is 0 Å². The number of hydrogen-bond acceptors (Lipinski definition) is 5. The highest BCUT2D eigenvalue weighted by Gasteiger charge is 2.21. The van der Waals surface area contributed by atoms with Gasteiger partial charge in [-0.05, 0) is 25.5 Å². The van der Waals surface area contributed by atoms with Crippen molar-refractivity contribution >= 4 is 17.7 Å². The third-order valence-corrected chi connectivity index (χ3v) is 4.75. The highest BCUT2D eigenvalue weighted by Crippen LogP contribution is 2.20. The van der Waals surface area contributed by atoms with E-state index in [-0.39, 0.29) is 5.91 Å². The Kier molecular flexibility index (Phi) is 5.71. The number of anilines is 2. The lowest BCUT2D eigenvalue weighted by atomic mass is 10.2. The van der Waals surface area contributed by atoms with Crippen LogP contribution < -0.4 is 9.80 Å². The minimum Gasteiger partial charge on any atom is -0.353 e. The second-order valence-electron chi connectivity index (χ2n) is 6.92. The van der Waals surface area contributed by atoms with E-state index < -0.39 is 0 Å². The molecular formula is C20H27N5O. The second-order valence-corrected chi connectivity index (χ2v) is 6.92. The maximum atomic E-state index is 11.5. The van der Waals surface area contributed by atoms with Gasteiger partial charge in [0.05, 0.1) is 0 Å². The fourth-order valence-electron chi connectivity index (χ4n) is 3.17. The smallest absolute Gasteiger partial charge is 0.227 e. The Morgan fingerprint density at radius 2 is 1.81 bits per heavy atom. The highest BCUT2D eigenvalue weighted by atomic mass is 16.2. The van der Waals surface area contributed by atoms with Crippen LogP contribution in [0.2, 0.25) is 0 Å². The summed E-state index contributed by atoms with van der Waals surface area (Å²) in [5.74, 6) is 1.81. The Labute approximate surface area is 155 Å². The van der Waals surface area contributed by atoms with Gasteiger partial charge in [-0.25, -0.2) is 4.98 Å². The van der Waals surface area contributed by atoms with Crippen molar-refractivity contribution in [1.29, 1.82) is 0 Å². The third kappa shape index (κ3) is 4.31. The van der Waals surface area contributed by atoms with Crippen LogP contribution in [0.4, 0.5) is 11.8 Å². The van der Waals surface area contributed by atoms with Crippen molar-refractivity contribution in [3.63, 3.8) is 0 Å². The van der Waals surface area contributed by atoms with Crippen LogP contribution in [0.15, 0.2) is 42.6 Å². The summed E-state index contributed by atoms with van der Waals surface area (Å²) < 4.78 is 0. The summed E-state index contributed by atoms with van der Waals surface area (Å²) >= 11 is 0. The monoisotopic (exact) mass is 353 g/mol. The lowest BCUT2D eigenvalue weighted by Gasteiger charge is -2.35. The number of piperazine rings is 1. The van der Waals surface area contributed by atoms with Gasteiger partial charge in [0, 0.05) is 51.9 Å². The van der Waals surface area contributed by atoms with Crippen molar-refractivity contribution in [1.82, 2.24) is 14.9 Å². The Morgan fingerprint density at radius 1 is 1.12 bits per heavy atom. The summed E-state index contributed by atoms with van der Waals surface area (Å²) in [5.41, 5.74) is 1.24. The van der Waals surface area contributed by atoms with Crippen LogP contribution in [-0.4, -0.2) is 53.0 Å². The summed E-state index contributed by atoms with van der Waals surface area (Å²) in [4.78, 5) is 27.2. The topological polar surface area (TPSA) is 52.6 Å². The van der Waals surface area contributed by atoms with E-state index in [1.807, 2.05) is 23.2 Å². The molecule has 1 amide bonds. The van der Waals surface area contributed by atoms with Gasteiger partial charge < -0.3 is 14.7 Å². The molecule has 138 valence electrons. The molecule has 0 saturated carbocycles. The van der Waals surface area contributed by atoms with Crippen molar-refractivity contribution in [2.24, 2.45) is 0 Å². The predicted molar refractivity (Wildman–Crippen MR) is 104 cm³/mol. The maximum Gasteiger partial charge on any atom is 0.227 e. The molecule has 0 N–H and O–H groups in total. The molecule has 2 aromatic rings. The van der Waals surface area contributed by atoms with Gasteiger partial charge in [0.15, 0.2) is 0 Å². The second kappa shape index (κ2) is 8.17. The van der Waals surface area contributed by atoms with Gasteiger partial charge in [-0.1, -0.05) is 30.3 Å². The lowest BCUT2D eigenvalue weighted by Crippen LogP contribution is -2.48. The number of amides is 1. The molecule has 1 saturated heterocycles. The van der Waals surface area contributed by atoms with Gasteiger partial charge in [-0.15, -0.1) is 0 Å². The summed E-state index contributed by atoms with van der Waals surface area (Å²) in [6, 6.07) is 12.6. The zero-order valence-corrected chi connectivity index (χ0v) is 15.8. The largest absolute Gasteiger partial charge is 0.353 e. The average molecular weight is 353 g/mol. The molecule has 1 aromatic carbocycles. The van der Waals surface area contributed by atoms with E-state index in [0.29, 0.717) is 6.04 Å². The summed E-state index contributed by atoms with van der Waals surface area (Å²) in [6.45, 7) is 9.81. The molecular weight excluding hydrogens is 326 g/mol. The normalized spacial score (nSPS) is 14.6. The van der Waals surface area contributed by atoms with E-state index >= 15 is 0 Å². The molecule has 6 nitrogen and oxygen atoms in total. The van der Waals surface area contributed by atoms with Gasteiger partial charge in [-0.3, -0.25) is 4.79 Å². The van der Waals surface area contributed by atoms with E-state index in [0.717, 1.165) is 44.5 Å². The van der Waals surface area contributed by atoms with Gasteiger partial charge in [0.25, 0.3) is 0 Å². The van der Waals surface area contributed by atoms with Crippen LogP contribution in [0, 0.1) is 0 Å². The Morgan fingerprint density at radius 3 is 2.42 bits per heavy atom. The number of benzene rings is 1. The minimum atomic E-state index is 0.141. The third-order valence-electron chi connectivity index (χ3n) is 4.75. The quantitative estimate of drug-likeness (QED) is 0.827. The first-order valence-electron chi connectivity index (χ1n) is 9.18. The first-order valence-corrected chi connectivity index (χ1v) is 9.18. The van der Waals surface area contributed by atoms with Gasteiger partial charge in [0.2, 0.25) is 11.9 Å². The molecule has 0 spiro atoms. The van der Waals surface area contributed by atoms with E-state index in [1.54, 1.807) is 6.92 Å². The van der Waals surface area contributed by atoms with E-state index in [9.17, 15) is 4.79 Å². The average Bonchev–Trinajstić information content (AvgIpc) is 2.67. The molecule has 0 bridgehead atoms. The summed E-state index contributed by atoms with van der Waals surface area (Å²) in [5, 5.41) is 0. The highest BCUT2D eigenvalue weighted by molar-refractivity contribution is 5.73. The van der Waals surface area contributed by atoms with E-state index in [2.05, 4.69) is 52.9 Å². The lowest BCUT2D eigenvalue weighted by molar-refractivity contribution is -0.129. The number of carbonyl (C=O) groups excluding carboxylic acids is 1. The molecule has 0 atom stereocenters. The first-order chi connectivity index (χ1) is 12.5. The SMILES string of the molecule is CC(=O)N1CCN(c2ccnc(N(Cc3ccccc3)C(C)C)n2)CC1. The molecule has 3 rings (SSSR count). The Balaban J connectivity index is 1.75. The van der Waals surface area contributed by atoms with Crippen molar-refractivity contribution in [3.05, 3.63) is 48.2 Å². The standard InChI is InChI=1S/C20H27N5O/c1-16(2)25(15-18-7-5-4-6-8-18)20-21-10-9-19(22-20)24-13-11-23(12-14-24)17(3)26/h4-10,16H,11-15H2,1-3H3. The van der Waals surface area contributed by atoms with Gasteiger partial charge in [0.1, 0.15) is 5.82 Å². The molecule has 1 aliphatic rings. The molecule has 1 fully saturated rings. The molecule has 1 aliphatic heterocycles. The van der Waals surface area contributed by atoms with Crippen LogP contribution >= 0.6 is 0 Å². The summed E-state index contributed by atoms with van der Waals surface area (Å²) in [7, 11) is 0. The fourth-order valence-corrected chi connectivity index (χ4v) is 3.17. The Hall–Kier alpha value is -2.63. The molecule has 2 heterocycles. The van der Waals surface area contributed by atoms with Gasteiger partial charge >= 0.3 is 0 Å². The number of nitrogens with zero attached hydrogens (tertiary/aromatic N) is 5. The first kappa shape index (κ1) is 18.2.